The minimum absolute atomic E-state index is 0.0218. The van der Waals surface area contributed by atoms with Crippen LogP contribution in [0.1, 0.15) is 35.5 Å². The van der Waals surface area contributed by atoms with Crippen LogP contribution in [0, 0.1) is 0 Å². The van der Waals surface area contributed by atoms with E-state index in [4.69, 9.17) is 0 Å². The Morgan fingerprint density at radius 1 is 1.17 bits per heavy atom. The Morgan fingerprint density at radius 3 is 2.65 bits per heavy atom. The van der Waals surface area contributed by atoms with Crippen molar-refractivity contribution in [3.63, 3.8) is 0 Å². The highest BCUT2D eigenvalue weighted by atomic mass is 16.2. The van der Waals surface area contributed by atoms with Gasteiger partial charge in [-0.2, -0.15) is 0 Å². The molecule has 0 saturated heterocycles. The first-order valence-electron chi connectivity index (χ1n) is 8.30. The van der Waals surface area contributed by atoms with Gasteiger partial charge in [-0.1, -0.05) is 24.3 Å². The summed E-state index contributed by atoms with van der Waals surface area (Å²) in [5.41, 5.74) is 4.19. The summed E-state index contributed by atoms with van der Waals surface area (Å²) in [6.45, 7) is 7.51. The van der Waals surface area contributed by atoms with E-state index in [0.29, 0.717) is 12.2 Å². The van der Waals surface area contributed by atoms with Crippen molar-refractivity contribution in [2.75, 3.05) is 24.5 Å². The number of aromatic nitrogens is 1. The van der Waals surface area contributed by atoms with E-state index in [2.05, 4.69) is 41.9 Å². The van der Waals surface area contributed by atoms with E-state index in [0.717, 1.165) is 31.7 Å². The fraction of sp³-hybridized carbons (Fsp3) is 0.368. The van der Waals surface area contributed by atoms with Crippen LogP contribution in [0.15, 0.2) is 42.6 Å². The zero-order chi connectivity index (χ0) is 16.2. The molecule has 0 bridgehead atoms. The third kappa shape index (κ3) is 3.21. The third-order valence-corrected chi connectivity index (χ3v) is 4.51. The summed E-state index contributed by atoms with van der Waals surface area (Å²) in [6, 6.07) is 12.2. The number of carbonyl (C=O) groups is 1. The first kappa shape index (κ1) is 15.5. The summed E-state index contributed by atoms with van der Waals surface area (Å²) in [5, 5.41) is 0. The van der Waals surface area contributed by atoms with E-state index in [9.17, 15) is 4.79 Å². The summed E-state index contributed by atoms with van der Waals surface area (Å²) in [7, 11) is 0. The molecule has 3 rings (SSSR count). The smallest absolute Gasteiger partial charge is 0.272 e. The SMILES string of the molecule is CCN(CC)c1ccnc(C(=O)N2CCc3ccccc3C2)c1. The van der Waals surface area contributed by atoms with E-state index in [1.165, 1.54) is 11.1 Å². The number of anilines is 1. The van der Waals surface area contributed by atoms with Crippen LogP contribution >= 0.6 is 0 Å². The predicted octanol–water partition coefficient (Wildman–Crippen LogP) is 3.13. The Bertz CT molecular complexity index is 695. The maximum Gasteiger partial charge on any atom is 0.272 e. The highest BCUT2D eigenvalue weighted by Gasteiger charge is 2.22. The van der Waals surface area contributed by atoms with Crippen molar-refractivity contribution in [1.82, 2.24) is 9.88 Å². The van der Waals surface area contributed by atoms with Gasteiger partial charge in [-0.05, 0) is 43.5 Å². The Labute approximate surface area is 137 Å². The Balaban J connectivity index is 1.80. The monoisotopic (exact) mass is 309 g/mol. The number of amides is 1. The van der Waals surface area contributed by atoms with Crippen LogP contribution in [0.2, 0.25) is 0 Å². The molecule has 0 N–H and O–H groups in total. The molecule has 1 amide bonds. The number of benzene rings is 1. The van der Waals surface area contributed by atoms with Gasteiger partial charge in [0.25, 0.3) is 5.91 Å². The molecule has 1 aliphatic heterocycles. The number of fused-ring (bicyclic) bond motifs is 1. The largest absolute Gasteiger partial charge is 0.372 e. The van der Waals surface area contributed by atoms with Gasteiger partial charge in [0, 0.05) is 38.1 Å². The Morgan fingerprint density at radius 2 is 1.91 bits per heavy atom. The first-order valence-corrected chi connectivity index (χ1v) is 8.30. The van der Waals surface area contributed by atoms with Crippen molar-refractivity contribution in [1.29, 1.82) is 0 Å². The van der Waals surface area contributed by atoms with Crippen molar-refractivity contribution >= 4 is 11.6 Å². The van der Waals surface area contributed by atoms with Gasteiger partial charge >= 0.3 is 0 Å². The second-order valence-corrected chi connectivity index (χ2v) is 5.82. The predicted molar refractivity (Wildman–Crippen MR) is 92.7 cm³/mol. The molecule has 0 spiro atoms. The van der Waals surface area contributed by atoms with Crippen molar-refractivity contribution in [2.24, 2.45) is 0 Å². The molecule has 4 nitrogen and oxygen atoms in total. The summed E-state index contributed by atoms with van der Waals surface area (Å²) in [4.78, 5) is 21.2. The fourth-order valence-corrected chi connectivity index (χ4v) is 3.15. The van der Waals surface area contributed by atoms with Crippen LogP contribution in [-0.2, 0) is 13.0 Å². The average molecular weight is 309 g/mol. The highest BCUT2D eigenvalue weighted by Crippen LogP contribution is 2.21. The molecule has 1 aromatic carbocycles. The first-order chi connectivity index (χ1) is 11.2. The number of carbonyl (C=O) groups excluding carboxylic acids is 1. The molecule has 1 aromatic heterocycles. The van der Waals surface area contributed by atoms with Gasteiger partial charge in [-0.25, -0.2) is 0 Å². The third-order valence-electron chi connectivity index (χ3n) is 4.51. The van der Waals surface area contributed by atoms with Crippen LogP contribution in [0.4, 0.5) is 5.69 Å². The minimum atomic E-state index is 0.0218. The average Bonchev–Trinajstić information content (AvgIpc) is 2.62. The van der Waals surface area contributed by atoms with Gasteiger partial charge < -0.3 is 9.80 Å². The zero-order valence-corrected chi connectivity index (χ0v) is 13.8. The molecule has 0 atom stereocenters. The van der Waals surface area contributed by atoms with Gasteiger partial charge in [-0.3, -0.25) is 9.78 Å². The maximum absolute atomic E-state index is 12.8. The number of pyridine rings is 1. The number of hydrogen-bond acceptors (Lipinski definition) is 3. The van der Waals surface area contributed by atoms with Gasteiger partial charge in [0.1, 0.15) is 5.69 Å². The number of nitrogens with zero attached hydrogens (tertiary/aromatic N) is 3. The lowest BCUT2D eigenvalue weighted by atomic mass is 10.00. The fourth-order valence-electron chi connectivity index (χ4n) is 3.15. The van der Waals surface area contributed by atoms with Gasteiger partial charge in [0.05, 0.1) is 0 Å². The summed E-state index contributed by atoms with van der Waals surface area (Å²) in [6.07, 6.45) is 2.65. The van der Waals surface area contributed by atoms with E-state index in [1.54, 1.807) is 6.20 Å². The molecule has 1 aliphatic rings. The molecule has 120 valence electrons. The second-order valence-electron chi connectivity index (χ2n) is 5.82. The van der Waals surface area contributed by atoms with Crippen LogP contribution in [0.25, 0.3) is 0 Å². The van der Waals surface area contributed by atoms with Crippen LogP contribution < -0.4 is 4.90 Å². The lowest BCUT2D eigenvalue weighted by molar-refractivity contribution is 0.0729. The molecule has 23 heavy (non-hydrogen) atoms. The van der Waals surface area contributed by atoms with E-state index < -0.39 is 0 Å². The quantitative estimate of drug-likeness (QED) is 0.870. The van der Waals surface area contributed by atoms with Crippen LogP contribution in [0.3, 0.4) is 0 Å². The summed E-state index contributed by atoms with van der Waals surface area (Å²) in [5.74, 6) is 0.0218. The standard InChI is InChI=1S/C19H23N3O/c1-3-21(4-2)17-9-11-20-18(13-17)19(23)22-12-10-15-7-5-6-8-16(15)14-22/h5-9,11,13H,3-4,10,12,14H2,1-2H3. The Hall–Kier alpha value is -2.36. The highest BCUT2D eigenvalue weighted by molar-refractivity contribution is 5.93. The lowest BCUT2D eigenvalue weighted by Gasteiger charge is -2.29. The van der Waals surface area contributed by atoms with Crippen LogP contribution in [0.5, 0.6) is 0 Å². The second kappa shape index (κ2) is 6.82. The lowest BCUT2D eigenvalue weighted by Crippen LogP contribution is -2.36. The molecular weight excluding hydrogens is 286 g/mol. The van der Waals surface area contributed by atoms with Crippen LogP contribution in [-0.4, -0.2) is 35.4 Å². The zero-order valence-electron chi connectivity index (χ0n) is 13.8. The van der Waals surface area contributed by atoms with E-state index in [-0.39, 0.29) is 5.91 Å². The minimum Gasteiger partial charge on any atom is -0.372 e. The molecular formula is C19H23N3O. The van der Waals surface area contributed by atoms with Crippen molar-refractivity contribution < 1.29 is 4.79 Å². The molecule has 0 unspecified atom stereocenters. The van der Waals surface area contributed by atoms with Crippen molar-refractivity contribution in [2.45, 2.75) is 26.8 Å². The van der Waals surface area contributed by atoms with E-state index >= 15 is 0 Å². The molecule has 0 aliphatic carbocycles. The molecule has 4 heteroatoms. The van der Waals surface area contributed by atoms with Gasteiger partial charge in [0.15, 0.2) is 0 Å². The number of rotatable bonds is 4. The molecule has 0 radical (unpaired) electrons. The molecule has 0 fully saturated rings. The topological polar surface area (TPSA) is 36.4 Å². The summed E-state index contributed by atoms with van der Waals surface area (Å²) >= 11 is 0. The Kier molecular flexibility index (Phi) is 4.60. The molecule has 2 aromatic rings. The van der Waals surface area contributed by atoms with Crippen molar-refractivity contribution in [3.8, 4) is 0 Å². The van der Waals surface area contributed by atoms with Gasteiger partial charge in [-0.15, -0.1) is 0 Å². The number of hydrogen-bond donors (Lipinski definition) is 0. The van der Waals surface area contributed by atoms with Crippen molar-refractivity contribution in [3.05, 3.63) is 59.4 Å². The summed E-state index contributed by atoms with van der Waals surface area (Å²) < 4.78 is 0. The van der Waals surface area contributed by atoms with Gasteiger partial charge in [0.2, 0.25) is 0 Å². The maximum atomic E-state index is 12.8. The molecule has 2 heterocycles. The normalized spacial score (nSPS) is 13.6. The van der Waals surface area contributed by atoms with E-state index in [1.807, 2.05) is 23.1 Å². The molecule has 0 saturated carbocycles.